The molecule has 32 heavy (non-hydrogen) atoms. The molecule has 0 saturated carbocycles. The van der Waals surface area contributed by atoms with Gasteiger partial charge in [-0.05, 0) is 37.8 Å². The number of amides is 1. The molecule has 6 heteroatoms. The molecule has 6 nitrogen and oxygen atoms in total. The lowest BCUT2D eigenvalue weighted by atomic mass is 9.89. The van der Waals surface area contributed by atoms with Crippen LogP contribution in [0.4, 0.5) is 5.82 Å². The van der Waals surface area contributed by atoms with Crippen molar-refractivity contribution < 1.29 is 4.79 Å². The van der Waals surface area contributed by atoms with E-state index in [4.69, 9.17) is 0 Å². The molecule has 1 aromatic heterocycles. The molecule has 5 rings (SSSR count). The fourth-order valence-corrected chi connectivity index (χ4v) is 5.00. The molecule has 2 N–H and O–H groups in total. The van der Waals surface area contributed by atoms with Crippen LogP contribution in [0.25, 0.3) is 0 Å². The highest BCUT2D eigenvalue weighted by molar-refractivity contribution is 5.99. The van der Waals surface area contributed by atoms with Crippen LogP contribution in [-0.4, -0.2) is 39.7 Å². The number of carbonyl (C=O) groups excluding carboxylic acids is 1. The summed E-state index contributed by atoms with van der Waals surface area (Å²) in [5.41, 5.74) is 2.98. The third-order valence-corrected chi connectivity index (χ3v) is 6.66. The van der Waals surface area contributed by atoms with E-state index in [0.29, 0.717) is 5.56 Å². The number of nitrogens with zero attached hydrogens (tertiary/aromatic N) is 3. The van der Waals surface area contributed by atoms with E-state index in [0.717, 1.165) is 38.3 Å². The van der Waals surface area contributed by atoms with Crippen LogP contribution in [0.3, 0.4) is 0 Å². The molecule has 1 saturated heterocycles. The first kappa shape index (κ1) is 20.8. The van der Waals surface area contributed by atoms with E-state index in [-0.39, 0.29) is 23.5 Å². The van der Waals surface area contributed by atoms with E-state index in [1.807, 2.05) is 16.8 Å². The lowest BCUT2D eigenvalue weighted by Gasteiger charge is -2.38. The van der Waals surface area contributed by atoms with Crippen LogP contribution in [0.1, 0.15) is 54.2 Å². The lowest BCUT2D eigenvalue weighted by molar-refractivity contribution is 0.0938. The van der Waals surface area contributed by atoms with Crippen LogP contribution in [-0.2, 0) is 12.1 Å². The number of carbonyl (C=O) groups is 1. The quantitative estimate of drug-likeness (QED) is 0.639. The molecule has 2 aromatic carbocycles. The monoisotopic (exact) mass is 429 g/mol. The second-order valence-electron chi connectivity index (χ2n) is 9.62. The van der Waals surface area contributed by atoms with Gasteiger partial charge in [-0.25, -0.2) is 4.68 Å². The summed E-state index contributed by atoms with van der Waals surface area (Å²) in [5.74, 6) is 0.765. The van der Waals surface area contributed by atoms with Gasteiger partial charge in [0, 0.05) is 25.7 Å². The van der Waals surface area contributed by atoms with Crippen LogP contribution < -0.4 is 10.6 Å². The van der Waals surface area contributed by atoms with E-state index in [1.165, 1.54) is 11.1 Å². The minimum Gasteiger partial charge on any atom is -0.363 e. The van der Waals surface area contributed by atoms with E-state index < -0.39 is 0 Å². The van der Waals surface area contributed by atoms with Gasteiger partial charge >= 0.3 is 0 Å². The van der Waals surface area contributed by atoms with Crippen molar-refractivity contribution in [3.63, 3.8) is 0 Å². The number of rotatable bonds is 5. The second-order valence-corrected chi connectivity index (χ2v) is 9.62. The highest BCUT2D eigenvalue weighted by atomic mass is 16.1. The molecule has 0 bridgehead atoms. The average Bonchev–Trinajstić information content (AvgIpc) is 3.42. The van der Waals surface area contributed by atoms with Gasteiger partial charge in [-0.1, -0.05) is 60.7 Å². The van der Waals surface area contributed by atoms with Gasteiger partial charge in [0.05, 0.1) is 17.8 Å². The Hall–Kier alpha value is -3.12. The van der Waals surface area contributed by atoms with E-state index in [2.05, 4.69) is 83.0 Å². The van der Waals surface area contributed by atoms with E-state index in [1.54, 1.807) is 6.20 Å². The van der Waals surface area contributed by atoms with Gasteiger partial charge in [-0.15, -0.1) is 0 Å². The molecule has 3 heterocycles. The summed E-state index contributed by atoms with van der Waals surface area (Å²) in [5, 5.41) is 11.4. The van der Waals surface area contributed by atoms with Crippen molar-refractivity contribution in [1.82, 2.24) is 20.0 Å². The van der Waals surface area contributed by atoms with Gasteiger partial charge in [-0.3, -0.25) is 9.69 Å². The molecule has 2 aliphatic rings. The third-order valence-electron chi connectivity index (χ3n) is 6.66. The van der Waals surface area contributed by atoms with Crippen molar-refractivity contribution in [3.8, 4) is 0 Å². The minimum atomic E-state index is -0.181. The number of aromatic nitrogens is 2. The number of hydrogen-bond acceptors (Lipinski definition) is 4. The summed E-state index contributed by atoms with van der Waals surface area (Å²) >= 11 is 0. The van der Waals surface area contributed by atoms with Crippen LogP contribution in [0.5, 0.6) is 0 Å². The molecule has 1 amide bonds. The maximum Gasteiger partial charge on any atom is 0.256 e. The molecular formula is C26H31N5O. The highest BCUT2D eigenvalue weighted by Gasteiger charge is 2.37. The fraction of sp³-hybridized carbons (Fsp3) is 0.385. The Morgan fingerprint density at radius 1 is 1.12 bits per heavy atom. The Labute approximate surface area is 189 Å². The number of nitrogens with one attached hydrogen (secondary N) is 2. The van der Waals surface area contributed by atoms with Crippen molar-refractivity contribution >= 4 is 11.7 Å². The Morgan fingerprint density at radius 3 is 2.59 bits per heavy atom. The van der Waals surface area contributed by atoms with Gasteiger partial charge in [-0.2, -0.15) is 5.10 Å². The zero-order valence-corrected chi connectivity index (χ0v) is 18.8. The van der Waals surface area contributed by atoms with Crippen LogP contribution in [0, 0.1) is 0 Å². The SMILES string of the molecule is CC1(C)CC(c2ccccc2)Nc2c(C(=O)NC3CCN(Cc4ccccc4)C3)cnn21. The average molecular weight is 430 g/mol. The molecule has 2 unspecified atom stereocenters. The summed E-state index contributed by atoms with van der Waals surface area (Å²) in [6.45, 7) is 7.15. The summed E-state index contributed by atoms with van der Waals surface area (Å²) in [7, 11) is 0. The van der Waals surface area contributed by atoms with E-state index in [9.17, 15) is 4.79 Å². The van der Waals surface area contributed by atoms with Crippen molar-refractivity contribution in [2.45, 2.75) is 50.9 Å². The number of benzene rings is 2. The Kier molecular flexibility index (Phi) is 5.47. The Bertz CT molecular complexity index is 1080. The van der Waals surface area contributed by atoms with Gasteiger partial charge < -0.3 is 10.6 Å². The molecule has 2 aliphatic heterocycles. The van der Waals surface area contributed by atoms with Gasteiger partial charge in [0.15, 0.2) is 0 Å². The molecule has 0 aliphatic carbocycles. The van der Waals surface area contributed by atoms with Gasteiger partial charge in [0.1, 0.15) is 11.4 Å². The largest absolute Gasteiger partial charge is 0.363 e. The van der Waals surface area contributed by atoms with Crippen LogP contribution in [0.15, 0.2) is 66.9 Å². The van der Waals surface area contributed by atoms with Crippen molar-refractivity contribution in [1.29, 1.82) is 0 Å². The number of likely N-dealkylation sites (tertiary alicyclic amines) is 1. The first-order valence-electron chi connectivity index (χ1n) is 11.5. The zero-order valence-electron chi connectivity index (χ0n) is 18.8. The summed E-state index contributed by atoms with van der Waals surface area (Å²) < 4.78 is 1.97. The minimum absolute atomic E-state index is 0.0465. The van der Waals surface area contributed by atoms with Gasteiger partial charge in [0.25, 0.3) is 5.91 Å². The van der Waals surface area contributed by atoms with Gasteiger partial charge in [0.2, 0.25) is 0 Å². The molecular weight excluding hydrogens is 398 g/mol. The van der Waals surface area contributed by atoms with Crippen LogP contribution >= 0.6 is 0 Å². The topological polar surface area (TPSA) is 62.2 Å². The summed E-state index contributed by atoms with van der Waals surface area (Å²) in [6, 6.07) is 21.2. The summed E-state index contributed by atoms with van der Waals surface area (Å²) in [4.78, 5) is 15.6. The maximum atomic E-state index is 13.2. The van der Waals surface area contributed by atoms with Crippen molar-refractivity contribution in [2.75, 3.05) is 18.4 Å². The van der Waals surface area contributed by atoms with Crippen LogP contribution in [0.2, 0.25) is 0 Å². The number of fused-ring (bicyclic) bond motifs is 1. The predicted octanol–water partition coefficient (Wildman–Crippen LogP) is 4.18. The third kappa shape index (κ3) is 4.15. The number of hydrogen-bond donors (Lipinski definition) is 2. The van der Waals surface area contributed by atoms with E-state index >= 15 is 0 Å². The predicted molar refractivity (Wildman–Crippen MR) is 127 cm³/mol. The first-order valence-corrected chi connectivity index (χ1v) is 11.5. The highest BCUT2D eigenvalue weighted by Crippen LogP contribution is 2.39. The Morgan fingerprint density at radius 2 is 1.84 bits per heavy atom. The smallest absolute Gasteiger partial charge is 0.256 e. The standard InChI is InChI=1S/C26H31N5O/c1-26(2)15-23(20-11-7-4-8-12-20)29-24-22(16-27-31(24)26)25(32)28-21-13-14-30(18-21)17-19-9-5-3-6-10-19/h3-12,16,21,23,29H,13-15,17-18H2,1-2H3,(H,28,32). The summed E-state index contributed by atoms with van der Waals surface area (Å²) in [6.07, 6.45) is 3.58. The molecule has 2 atom stereocenters. The fourth-order valence-electron chi connectivity index (χ4n) is 5.00. The molecule has 0 radical (unpaired) electrons. The first-order chi connectivity index (χ1) is 15.5. The van der Waals surface area contributed by atoms with Crippen molar-refractivity contribution in [2.24, 2.45) is 0 Å². The molecule has 3 aromatic rings. The molecule has 0 spiro atoms. The lowest BCUT2D eigenvalue weighted by Crippen LogP contribution is -2.40. The molecule has 166 valence electrons. The maximum absolute atomic E-state index is 13.2. The van der Waals surface area contributed by atoms with Crippen molar-refractivity contribution in [3.05, 3.63) is 83.6 Å². The zero-order chi connectivity index (χ0) is 22.1. The number of anilines is 1. The normalized spacial score (nSPS) is 22.2. The Balaban J connectivity index is 1.28. The molecule has 1 fully saturated rings. The second kappa shape index (κ2) is 8.43.